The van der Waals surface area contributed by atoms with Crippen LogP contribution in [0.3, 0.4) is 0 Å². The van der Waals surface area contributed by atoms with Gasteiger partial charge in [0, 0.05) is 11.0 Å². The van der Waals surface area contributed by atoms with Crippen molar-refractivity contribution < 1.29 is 18.7 Å². The monoisotopic (exact) mass is 290 g/mol. The van der Waals surface area contributed by atoms with Crippen LogP contribution in [0.5, 0.6) is 0 Å². The first kappa shape index (κ1) is 15.4. The van der Waals surface area contributed by atoms with Gasteiger partial charge in [0.05, 0.1) is 12.2 Å². The Morgan fingerprint density at radius 1 is 1.33 bits per heavy atom. The number of hydrogen-bond donors (Lipinski definition) is 1. The quantitative estimate of drug-likeness (QED) is 0.612. The molecule has 6 heteroatoms. The van der Waals surface area contributed by atoms with Gasteiger partial charge in [-0.15, -0.1) is 11.3 Å². The lowest BCUT2D eigenvalue weighted by Gasteiger charge is -2.21. The van der Waals surface area contributed by atoms with Gasteiger partial charge in [0.15, 0.2) is 0 Å². The molecular formula is C12H19O4PS. The van der Waals surface area contributed by atoms with Gasteiger partial charge in [-0.1, -0.05) is 6.07 Å². The molecule has 102 valence electrons. The number of aliphatic hydroxyl groups excluding tert-OH is 1. The molecule has 0 unspecified atom stereocenters. The van der Waals surface area contributed by atoms with Gasteiger partial charge >= 0.3 is 7.60 Å². The summed E-state index contributed by atoms with van der Waals surface area (Å²) in [7, 11) is -3.64. The van der Waals surface area contributed by atoms with Crippen molar-refractivity contribution in [3.63, 3.8) is 0 Å². The predicted octanol–water partition coefficient (Wildman–Crippen LogP) is 4.65. The van der Waals surface area contributed by atoms with Crippen LogP contribution in [0.25, 0.3) is 6.08 Å². The highest BCUT2D eigenvalue weighted by Gasteiger charge is 2.33. The standard InChI is InChI=1S/C12H19O4PS/c1-9(2)15-17(14,16-10(3)4)12(13)8-11-6-5-7-18-11/h5-10,13H,1-4H3/b12-8+. The lowest BCUT2D eigenvalue weighted by molar-refractivity contribution is 0.138. The van der Waals surface area contributed by atoms with Crippen LogP contribution in [0.1, 0.15) is 32.6 Å². The lowest BCUT2D eigenvalue weighted by Crippen LogP contribution is -2.09. The first-order valence-corrected chi connectivity index (χ1v) is 8.17. The zero-order chi connectivity index (χ0) is 13.8. The minimum absolute atomic E-state index is 0.298. The highest BCUT2D eigenvalue weighted by atomic mass is 32.1. The summed E-state index contributed by atoms with van der Waals surface area (Å²) in [5.74, 6) is 0. The summed E-state index contributed by atoms with van der Waals surface area (Å²) >= 11 is 1.44. The largest absolute Gasteiger partial charge is 0.501 e. The first-order valence-electron chi connectivity index (χ1n) is 5.75. The summed E-state index contributed by atoms with van der Waals surface area (Å²) in [5.41, 5.74) is -0.354. The van der Waals surface area contributed by atoms with Crippen molar-refractivity contribution in [2.45, 2.75) is 39.9 Å². The summed E-state index contributed by atoms with van der Waals surface area (Å²) in [6.07, 6.45) is 0.831. The highest BCUT2D eigenvalue weighted by molar-refractivity contribution is 7.58. The molecule has 1 aromatic rings. The molecule has 0 radical (unpaired) electrons. The van der Waals surface area contributed by atoms with Crippen LogP contribution in [0.4, 0.5) is 0 Å². The van der Waals surface area contributed by atoms with Crippen molar-refractivity contribution in [3.05, 3.63) is 27.9 Å². The Hall–Kier alpha value is -0.610. The third kappa shape index (κ3) is 4.58. The van der Waals surface area contributed by atoms with Gasteiger partial charge in [0.25, 0.3) is 0 Å². The molecule has 0 aliphatic heterocycles. The predicted molar refractivity (Wildman–Crippen MR) is 75.0 cm³/mol. The Kier molecular flexibility index (Phi) is 5.60. The summed E-state index contributed by atoms with van der Waals surface area (Å²) < 4.78 is 23.1. The molecule has 0 amide bonds. The van der Waals surface area contributed by atoms with Crippen molar-refractivity contribution in [1.29, 1.82) is 0 Å². The van der Waals surface area contributed by atoms with Crippen molar-refractivity contribution in [3.8, 4) is 0 Å². The fourth-order valence-corrected chi connectivity index (χ4v) is 3.68. The third-order valence-electron chi connectivity index (χ3n) is 1.79. The van der Waals surface area contributed by atoms with Crippen LogP contribution in [0, 0.1) is 0 Å². The zero-order valence-corrected chi connectivity index (χ0v) is 12.7. The fraction of sp³-hybridized carbons (Fsp3) is 0.500. The van der Waals surface area contributed by atoms with E-state index in [4.69, 9.17) is 9.05 Å². The smallest absolute Gasteiger partial charge is 0.395 e. The normalized spacial score (nSPS) is 13.6. The van der Waals surface area contributed by atoms with Gasteiger partial charge in [-0.25, -0.2) is 0 Å². The SMILES string of the molecule is CC(C)OP(=O)(OC(C)C)/C(O)=C/c1cccs1. The average Bonchev–Trinajstić information content (AvgIpc) is 2.67. The maximum absolute atomic E-state index is 12.5. The molecule has 0 aliphatic rings. The molecule has 0 bridgehead atoms. The van der Waals surface area contributed by atoms with Crippen molar-refractivity contribution in [2.24, 2.45) is 0 Å². The molecule has 0 saturated heterocycles. The zero-order valence-electron chi connectivity index (χ0n) is 11.0. The summed E-state index contributed by atoms with van der Waals surface area (Å²) in [4.78, 5) is 0.799. The summed E-state index contributed by atoms with van der Waals surface area (Å²) in [6, 6.07) is 3.66. The van der Waals surface area contributed by atoms with Gasteiger partial charge in [-0.2, -0.15) is 0 Å². The Balaban J connectivity index is 2.99. The minimum atomic E-state index is -3.64. The van der Waals surface area contributed by atoms with Crippen molar-refractivity contribution in [1.82, 2.24) is 0 Å². The van der Waals surface area contributed by atoms with Crippen LogP contribution < -0.4 is 0 Å². The molecule has 0 fully saturated rings. The topological polar surface area (TPSA) is 55.8 Å². The van der Waals surface area contributed by atoms with Gasteiger partial charge < -0.3 is 14.2 Å². The fourth-order valence-electron chi connectivity index (χ4n) is 1.27. The van der Waals surface area contributed by atoms with Gasteiger partial charge in [0.1, 0.15) is 0 Å². The molecule has 0 atom stereocenters. The molecular weight excluding hydrogens is 271 g/mol. The molecule has 1 rings (SSSR count). The Morgan fingerprint density at radius 3 is 2.28 bits per heavy atom. The Morgan fingerprint density at radius 2 is 1.89 bits per heavy atom. The maximum Gasteiger partial charge on any atom is 0.395 e. The van der Waals surface area contributed by atoms with E-state index in [0.29, 0.717) is 0 Å². The van der Waals surface area contributed by atoms with Crippen LogP contribution >= 0.6 is 18.9 Å². The van der Waals surface area contributed by atoms with Gasteiger partial charge in [-0.3, -0.25) is 4.57 Å². The van der Waals surface area contributed by atoms with E-state index in [0.717, 1.165) is 4.88 Å². The van der Waals surface area contributed by atoms with E-state index < -0.39 is 7.60 Å². The first-order chi connectivity index (χ1) is 8.33. The second-order valence-corrected chi connectivity index (χ2v) is 7.18. The molecule has 18 heavy (non-hydrogen) atoms. The molecule has 1 aromatic heterocycles. The van der Waals surface area contributed by atoms with Crippen LogP contribution in [0.15, 0.2) is 23.0 Å². The van der Waals surface area contributed by atoms with E-state index >= 15 is 0 Å². The van der Waals surface area contributed by atoms with Crippen molar-refractivity contribution in [2.75, 3.05) is 0 Å². The van der Waals surface area contributed by atoms with Crippen LogP contribution in [-0.2, 0) is 13.6 Å². The Labute approximate surface area is 112 Å². The van der Waals surface area contributed by atoms with E-state index in [2.05, 4.69) is 0 Å². The van der Waals surface area contributed by atoms with E-state index in [1.807, 2.05) is 17.5 Å². The molecule has 1 N–H and O–H groups in total. The molecule has 0 saturated carbocycles. The highest BCUT2D eigenvalue weighted by Crippen LogP contribution is 2.57. The van der Waals surface area contributed by atoms with Crippen LogP contribution in [0.2, 0.25) is 0 Å². The molecule has 1 heterocycles. The lowest BCUT2D eigenvalue weighted by atomic mass is 10.5. The number of aliphatic hydroxyl groups is 1. The van der Waals surface area contributed by atoms with Crippen molar-refractivity contribution >= 4 is 25.0 Å². The van der Waals surface area contributed by atoms with Gasteiger partial charge in [-0.05, 0) is 39.1 Å². The number of rotatable bonds is 6. The molecule has 0 aromatic carbocycles. The minimum Gasteiger partial charge on any atom is -0.501 e. The maximum atomic E-state index is 12.5. The van der Waals surface area contributed by atoms with Crippen LogP contribution in [-0.4, -0.2) is 17.3 Å². The van der Waals surface area contributed by atoms with Gasteiger partial charge in [0.2, 0.25) is 5.50 Å². The summed E-state index contributed by atoms with van der Waals surface area (Å²) in [5, 5.41) is 11.9. The summed E-state index contributed by atoms with van der Waals surface area (Å²) in [6.45, 7) is 6.98. The van der Waals surface area contributed by atoms with E-state index in [1.54, 1.807) is 27.7 Å². The second kappa shape index (κ2) is 6.53. The second-order valence-electron chi connectivity index (χ2n) is 4.32. The van der Waals surface area contributed by atoms with E-state index in [9.17, 15) is 9.67 Å². The average molecular weight is 290 g/mol. The number of thiophene rings is 1. The van der Waals surface area contributed by atoms with E-state index in [-0.39, 0.29) is 17.7 Å². The molecule has 0 spiro atoms. The number of hydrogen-bond acceptors (Lipinski definition) is 5. The Bertz CT molecular complexity index is 423. The third-order valence-corrected chi connectivity index (χ3v) is 4.70. The van der Waals surface area contributed by atoms with E-state index in [1.165, 1.54) is 17.4 Å². The molecule has 0 aliphatic carbocycles. The molecule has 4 nitrogen and oxygen atoms in total.